The quantitative estimate of drug-likeness (QED) is 0.867. The topological polar surface area (TPSA) is 41.1 Å². The van der Waals surface area contributed by atoms with Crippen LogP contribution < -0.4 is 10.6 Å². The maximum absolute atomic E-state index is 12.8. The van der Waals surface area contributed by atoms with Gasteiger partial charge in [-0.1, -0.05) is 0 Å². The third-order valence-electron chi connectivity index (χ3n) is 3.18. The van der Waals surface area contributed by atoms with Crippen LogP contribution in [0, 0.1) is 5.82 Å². The third kappa shape index (κ3) is 2.42. The van der Waals surface area contributed by atoms with Gasteiger partial charge in [-0.2, -0.15) is 0 Å². The predicted octanol–water partition coefficient (Wildman–Crippen LogP) is 3.05. The molecule has 3 rings (SSSR count). The molecule has 0 unspecified atom stereocenters. The Morgan fingerprint density at radius 2 is 1.95 bits per heavy atom. The van der Waals surface area contributed by atoms with Crippen LogP contribution in [0.5, 0.6) is 0 Å². The number of rotatable bonds is 2. The highest BCUT2D eigenvalue weighted by atomic mass is 19.1. The number of halogens is 1. The van der Waals surface area contributed by atoms with Crippen LogP contribution in [-0.4, -0.2) is 12.5 Å². The Bertz CT molecular complexity index is 623. The highest BCUT2D eigenvalue weighted by Crippen LogP contribution is 2.25. The van der Waals surface area contributed by atoms with E-state index in [-0.39, 0.29) is 11.7 Å². The zero-order valence-electron chi connectivity index (χ0n) is 10.2. The molecule has 0 aromatic heterocycles. The zero-order valence-corrected chi connectivity index (χ0v) is 10.2. The Labute approximate surface area is 110 Å². The van der Waals surface area contributed by atoms with Crippen molar-refractivity contribution in [3.63, 3.8) is 0 Å². The smallest absolute Gasteiger partial charge is 0.255 e. The van der Waals surface area contributed by atoms with Gasteiger partial charge in [-0.25, -0.2) is 4.39 Å². The predicted molar refractivity (Wildman–Crippen MR) is 73.0 cm³/mol. The first-order valence-electron chi connectivity index (χ1n) is 6.16. The van der Waals surface area contributed by atoms with E-state index in [1.165, 1.54) is 29.8 Å². The lowest BCUT2D eigenvalue weighted by molar-refractivity contribution is 0.102. The zero-order chi connectivity index (χ0) is 13.2. The van der Waals surface area contributed by atoms with Crippen LogP contribution in [0.4, 0.5) is 15.8 Å². The van der Waals surface area contributed by atoms with Crippen molar-refractivity contribution >= 4 is 17.3 Å². The van der Waals surface area contributed by atoms with Crippen LogP contribution in [0.1, 0.15) is 15.9 Å². The molecule has 0 saturated carbocycles. The fraction of sp³-hybridized carbons (Fsp3) is 0.133. The molecular weight excluding hydrogens is 243 g/mol. The van der Waals surface area contributed by atoms with Crippen molar-refractivity contribution in [1.29, 1.82) is 0 Å². The van der Waals surface area contributed by atoms with Gasteiger partial charge in [0.25, 0.3) is 5.91 Å². The van der Waals surface area contributed by atoms with E-state index in [1.54, 1.807) is 0 Å². The summed E-state index contributed by atoms with van der Waals surface area (Å²) < 4.78 is 12.8. The molecule has 3 nitrogen and oxygen atoms in total. The molecule has 2 aromatic rings. The van der Waals surface area contributed by atoms with Crippen LogP contribution in [0.2, 0.25) is 0 Å². The number of nitrogens with one attached hydrogen (secondary N) is 2. The van der Waals surface area contributed by atoms with Gasteiger partial charge in [-0.15, -0.1) is 0 Å². The molecule has 0 atom stereocenters. The molecule has 0 saturated heterocycles. The maximum Gasteiger partial charge on any atom is 0.255 e. The molecule has 0 radical (unpaired) electrons. The molecule has 1 aliphatic rings. The van der Waals surface area contributed by atoms with Gasteiger partial charge in [0.15, 0.2) is 0 Å². The molecule has 1 amide bonds. The average molecular weight is 256 g/mol. The summed E-state index contributed by atoms with van der Waals surface area (Å²) in [6, 6.07) is 11.3. The minimum absolute atomic E-state index is 0.231. The summed E-state index contributed by atoms with van der Waals surface area (Å²) in [6.07, 6.45) is 0.968. The van der Waals surface area contributed by atoms with Gasteiger partial charge < -0.3 is 10.6 Å². The van der Waals surface area contributed by atoms with Crippen LogP contribution in [0.15, 0.2) is 42.5 Å². The van der Waals surface area contributed by atoms with Gasteiger partial charge in [0.1, 0.15) is 5.82 Å². The second-order valence-corrected chi connectivity index (χ2v) is 4.51. The van der Waals surface area contributed by atoms with Crippen molar-refractivity contribution in [2.75, 3.05) is 17.2 Å². The second kappa shape index (κ2) is 4.72. The highest BCUT2D eigenvalue weighted by Gasteiger charge is 2.11. The van der Waals surface area contributed by atoms with Crippen LogP contribution >= 0.6 is 0 Å². The second-order valence-electron chi connectivity index (χ2n) is 4.51. The van der Waals surface area contributed by atoms with E-state index >= 15 is 0 Å². The summed E-state index contributed by atoms with van der Waals surface area (Å²) in [5, 5.41) is 6.08. The summed E-state index contributed by atoms with van der Waals surface area (Å²) >= 11 is 0. The first-order valence-corrected chi connectivity index (χ1v) is 6.16. The average Bonchev–Trinajstić information content (AvgIpc) is 2.87. The van der Waals surface area contributed by atoms with Crippen molar-refractivity contribution in [3.05, 3.63) is 59.4 Å². The van der Waals surface area contributed by atoms with Gasteiger partial charge in [0, 0.05) is 23.5 Å². The van der Waals surface area contributed by atoms with Crippen molar-refractivity contribution in [2.45, 2.75) is 6.42 Å². The number of carbonyl (C=O) groups is 1. The summed E-state index contributed by atoms with van der Waals surface area (Å²) in [5.74, 6) is -0.578. The maximum atomic E-state index is 12.8. The molecule has 1 aliphatic heterocycles. The molecule has 19 heavy (non-hydrogen) atoms. The Hall–Kier alpha value is -2.36. The van der Waals surface area contributed by atoms with Gasteiger partial charge >= 0.3 is 0 Å². The number of amides is 1. The van der Waals surface area contributed by atoms with Crippen molar-refractivity contribution in [1.82, 2.24) is 0 Å². The van der Waals surface area contributed by atoms with Crippen molar-refractivity contribution < 1.29 is 9.18 Å². The minimum Gasteiger partial charge on any atom is -0.384 e. The summed E-state index contributed by atoms with van der Waals surface area (Å²) in [7, 11) is 0. The Kier molecular flexibility index (Phi) is 2.91. The van der Waals surface area contributed by atoms with Crippen molar-refractivity contribution in [2.24, 2.45) is 0 Å². The van der Waals surface area contributed by atoms with E-state index in [1.807, 2.05) is 18.2 Å². The van der Waals surface area contributed by atoms with Gasteiger partial charge in [-0.05, 0) is 54.4 Å². The van der Waals surface area contributed by atoms with Crippen LogP contribution in [0.3, 0.4) is 0 Å². The number of hydrogen-bond acceptors (Lipinski definition) is 2. The SMILES string of the molecule is O=C(Nc1ccc2c(c1)CCN2)c1ccc(F)cc1. The van der Waals surface area contributed by atoms with Crippen molar-refractivity contribution in [3.8, 4) is 0 Å². The minimum atomic E-state index is -0.347. The van der Waals surface area contributed by atoms with E-state index in [0.717, 1.165) is 24.3 Å². The van der Waals surface area contributed by atoms with Crippen LogP contribution in [0.25, 0.3) is 0 Å². The fourth-order valence-electron chi connectivity index (χ4n) is 2.19. The summed E-state index contributed by atoms with van der Waals surface area (Å²) in [4.78, 5) is 12.0. The number of fused-ring (bicyclic) bond motifs is 1. The lowest BCUT2D eigenvalue weighted by Crippen LogP contribution is -2.11. The molecule has 1 heterocycles. The number of hydrogen-bond donors (Lipinski definition) is 2. The van der Waals surface area contributed by atoms with E-state index in [2.05, 4.69) is 10.6 Å². The molecule has 2 N–H and O–H groups in total. The molecule has 4 heteroatoms. The Balaban J connectivity index is 1.77. The largest absolute Gasteiger partial charge is 0.384 e. The molecule has 2 aromatic carbocycles. The lowest BCUT2D eigenvalue weighted by atomic mass is 10.1. The standard InChI is InChI=1S/C15H13FN2O/c16-12-3-1-10(2-4-12)15(19)18-13-5-6-14-11(9-13)7-8-17-14/h1-6,9,17H,7-8H2,(H,18,19). The molecule has 0 fully saturated rings. The van der Waals surface area contributed by atoms with Crippen LogP contribution in [-0.2, 0) is 6.42 Å². The Morgan fingerprint density at radius 1 is 1.16 bits per heavy atom. The molecule has 0 bridgehead atoms. The monoisotopic (exact) mass is 256 g/mol. The fourth-order valence-corrected chi connectivity index (χ4v) is 2.19. The molecular formula is C15H13FN2O. The van der Waals surface area contributed by atoms with Gasteiger partial charge in [-0.3, -0.25) is 4.79 Å². The molecule has 96 valence electrons. The van der Waals surface area contributed by atoms with Gasteiger partial charge in [0.05, 0.1) is 0 Å². The number of carbonyl (C=O) groups excluding carboxylic acids is 1. The Morgan fingerprint density at radius 3 is 2.74 bits per heavy atom. The first-order chi connectivity index (χ1) is 9.22. The normalized spacial score (nSPS) is 12.7. The van der Waals surface area contributed by atoms with Gasteiger partial charge in [0.2, 0.25) is 0 Å². The summed E-state index contributed by atoms with van der Waals surface area (Å²) in [5.41, 5.74) is 3.54. The molecule has 0 spiro atoms. The van der Waals surface area contributed by atoms with E-state index in [4.69, 9.17) is 0 Å². The summed E-state index contributed by atoms with van der Waals surface area (Å²) in [6.45, 7) is 0.935. The van der Waals surface area contributed by atoms with E-state index in [0.29, 0.717) is 5.56 Å². The van der Waals surface area contributed by atoms with E-state index < -0.39 is 0 Å². The number of anilines is 2. The highest BCUT2D eigenvalue weighted by molar-refractivity contribution is 6.04. The number of benzene rings is 2. The lowest BCUT2D eigenvalue weighted by Gasteiger charge is -2.07. The molecule has 0 aliphatic carbocycles. The van der Waals surface area contributed by atoms with E-state index in [9.17, 15) is 9.18 Å². The first kappa shape index (κ1) is 11.7. The third-order valence-corrected chi connectivity index (χ3v) is 3.18.